The molecule has 0 saturated heterocycles. The molecule has 0 saturated carbocycles. The standard InChI is InChI=1S/C4H10O2S2.Li/c1-2-7-3-4-8(5)6;/h2-4H2,1H3,(H,5,6);/q;+1/p-1. The molecule has 0 heterocycles. The first-order chi connectivity index (χ1) is 3.77. The molecule has 5 heteroatoms. The maximum atomic E-state index is 9.86. The predicted molar refractivity (Wildman–Crippen MR) is 36.8 cm³/mol. The van der Waals surface area contributed by atoms with Gasteiger partial charge in [-0.2, -0.15) is 11.8 Å². The van der Waals surface area contributed by atoms with Gasteiger partial charge in [0.05, 0.1) is 0 Å². The third kappa shape index (κ3) is 12.3. The molecule has 0 aromatic carbocycles. The van der Waals surface area contributed by atoms with Gasteiger partial charge in [0.1, 0.15) is 0 Å². The van der Waals surface area contributed by atoms with Crippen LogP contribution in [-0.4, -0.2) is 26.0 Å². The number of rotatable bonds is 4. The average molecular weight is 160 g/mol. The summed E-state index contributed by atoms with van der Waals surface area (Å²) in [4.78, 5) is 0. The monoisotopic (exact) mass is 160 g/mol. The van der Waals surface area contributed by atoms with E-state index in [-0.39, 0.29) is 18.9 Å². The van der Waals surface area contributed by atoms with Gasteiger partial charge in [0, 0.05) is 11.5 Å². The Bertz CT molecular complexity index is 79.0. The van der Waals surface area contributed by atoms with Gasteiger partial charge < -0.3 is 4.55 Å². The first-order valence-electron chi connectivity index (χ1n) is 2.41. The molecule has 50 valence electrons. The van der Waals surface area contributed by atoms with Gasteiger partial charge in [-0.1, -0.05) is 18.0 Å². The second kappa shape index (κ2) is 9.06. The minimum atomic E-state index is -1.84. The zero-order chi connectivity index (χ0) is 6.41. The molecule has 0 aromatic heterocycles. The van der Waals surface area contributed by atoms with E-state index in [1.165, 1.54) is 0 Å². The van der Waals surface area contributed by atoms with Gasteiger partial charge in [0.25, 0.3) is 0 Å². The van der Waals surface area contributed by atoms with Crippen LogP contribution in [0, 0.1) is 0 Å². The summed E-state index contributed by atoms with van der Waals surface area (Å²) < 4.78 is 19.7. The van der Waals surface area contributed by atoms with Gasteiger partial charge in [-0.05, 0) is 5.75 Å². The second-order valence-corrected chi connectivity index (χ2v) is 3.61. The van der Waals surface area contributed by atoms with Crippen LogP contribution in [0.4, 0.5) is 0 Å². The van der Waals surface area contributed by atoms with Gasteiger partial charge in [0.2, 0.25) is 0 Å². The predicted octanol–water partition coefficient (Wildman–Crippen LogP) is -2.38. The fourth-order valence-corrected chi connectivity index (χ4v) is 1.58. The molecule has 1 atom stereocenters. The summed E-state index contributed by atoms with van der Waals surface area (Å²) in [6.07, 6.45) is 0. The molecule has 0 aliphatic rings. The van der Waals surface area contributed by atoms with E-state index < -0.39 is 11.1 Å². The summed E-state index contributed by atoms with van der Waals surface area (Å²) in [6, 6.07) is 0. The Labute approximate surface area is 74.6 Å². The summed E-state index contributed by atoms with van der Waals surface area (Å²) in [5, 5.41) is 0. The van der Waals surface area contributed by atoms with Gasteiger partial charge in [-0.15, -0.1) is 0 Å². The van der Waals surface area contributed by atoms with Crippen molar-refractivity contribution in [1.29, 1.82) is 0 Å². The summed E-state index contributed by atoms with van der Waals surface area (Å²) in [5.41, 5.74) is 0. The molecule has 0 aliphatic carbocycles. The van der Waals surface area contributed by atoms with Gasteiger partial charge in [-0.3, -0.25) is 4.21 Å². The van der Waals surface area contributed by atoms with Crippen molar-refractivity contribution >= 4 is 22.8 Å². The molecule has 2 nitrogen and oxygen atoms in total. The van der Waals surface area contributed by atoms with Crippen LogP contribution in [0.3, 0.4) is 0 Å². The molecule has 0 aliphatic heterocycles. The molecule has 0 radical (unpaired) electrons. The maximum absolute atomic E-state index is 9.86. The minimum Gasteiger partial charge on any atom is -0.772 e. The van der Waals surface area contributed by atoms with Crippen molar-refractivity contribution in [2.24, 2.45) is 0 Å². The van der Waals surface area contributed by atoms with Crippen LogP contribution < -0.4 is 18.9 Å². The van der Waals surface area contributed by atoms with Crippen molar-refractivity contribution in [3.8, 4) is 0 Å². The fraction of sp³-hybridized carbons (Fsp3) is 1.00. The summed E-state index contributed by atoms with van der Waals surface area (Å²) in [7, 11) is 0. The number of thioether (sulfide) groups is 1. The largest absolute Gasteiger partial charge is 1.00 e. The molecule has 0 N–H and O–H groups in total. The second-order valence-electron chi connectivity index (χ2n) is 1.20. The van der Waals surface area contributed by atoms with E-state index in [1.807, 2.05) is 6.92 Å². The van der Waals surface area contributed by atoms with Crippen LogP contribution in [0.15, 0.2) is 0 Å². The Kier molecular flexibility index (Phi) is 12.8. The Morgan fingerprint density at radius 3 is 2.56 bits per heavy atom. The molecule has 9 heavy (non-hydrogen) atoms. The fourth-order valence-electron chi connectivity index (χ4n) is 0.271. The Morgan fingerprint density at radius 1 is 1.67 bits per heavy atom. The van der Waals surface area contributed by atoms with E-state index in [4.69, 9.17) is 0 Å². The van der Waals surface area contributed by atoms with Crippen molar-refractivity contribution in [2.45, 2.75) is 6.92 Å². The van der Waals surface area contributed by atoms with Crippen LogP contribution in [0.1, 0.15) is 6.92 Å². The van der Waals surface area contributed by atoms with Crippen molar-refractivity contribution in [1.82, 2.24) is 0 Å². The molecular formula is C4H9LiO2S2. The van der Waals surface area contributed by atoms with Crippen molar-refractivity contribution in [3.63, 3.8) is 0 Å². The van der Waals surface area contributed by atoms with E-state index in [0.29, 0.717) is 5.75 Å². The summed E-state index contributed by atoms with van der Waals surface area (Å²) >= 11 is -0.195. The summed E-state index contributed by atoms with van der Waals surface area (Å²) in [6.45, 7) is 2.01. The van der Waals surface area contributed by atoms with E-state index in [1.54, 1.807) is 11.8 Å². The van der Waals surface area contributed by atoms with E-state index in [0.717, 1.165) is 11.5 Å². The number of hydrogen-bond donors (Lipinski definition) is 0. The first-order valence-corrected chi connectivity index (χ1v) is 4.81. The van der Waals surface area contributed by atoms with Crippen LogP contribution in [0.5, 0.6) is 0 Å². The van der Waals surface area contributed by atoms with Crippen molar-refractivity contribution < 1.29 is 27.6 Å². The Morgan fingerprint density at radius 2 is 2.22 bits per heavy atom. The molecular weight excluding hydrogens is 151 g/mol. The Hall–Kier alpha value is 1.06. The molecule has 0 bridgehead atoms. The van der Waals surface area contributed by atoms with Crippen LogP contribution in [0.25, 0.3) is 0 Å². The molecule has 0 spiro atoms. The van der Waals surface area contributed by atoms with Gasteiger partial charge >= 0.3 is 18.9 Å². The van der Waals surface area contributed by atoms with E-state index >= 15 is 0 Å². The molecule has 0 fully saturated rings. The zero-order valence-corrected chi connectivity index (χ0v) is 7.39. The molecule has 0 amide bonds. The zero-order valence-electron chi connectivity index (χ0n) is 5.75. The van der Waals surface area contributed by atoms with Crippen molar-refractivity contribution in [2.75, 3.05) is 17.3 Å². The van der Waals surface area contributed by atoms with Crippen molar-refractivity contribution in [3.05, 3.63) is 0 Å². The topological polar surface area (TPSA) is 40.1 Å². The van der Waals surface area contributed by atoms with E-state index in [2.05, 4.69) is 0 Å². The van der Waals surface area contributed by atoms with Crippen LogP contribution in [-0.2, 0) is 11.1 Å². The maximum Gasteiger partial charge on any atom is 1.00 e. The SMILES string of the molecule is CCSCCS(=O)[O-].[Li+]. The van der Waals surface area contributed by atoms with Crippen LogP contribution in [0.2, 0.25) is 0 Å². The Balaban J connectivity index is 0. The van der Waals surface area contributed by atoms with Gasteiger partial charge in [-0.25, -0.2) is 0 Å². The smallest absolute Gasteiger partial charge is 0.772 e. The third-order valence-electron chi connectivity index (χ3n) is 0.598. The normalized spacial score (nSPS) is 12.2. The van der Waals surface area contributed by atoms with Crippen LogP contribution >= 0.6 is 11.8 Å². The van der Waals surface area contributed by atoms with Gasteiger partial charge in [0.15, 0.2) is 0 Å². The quantitative estimate of drug-likeness (QED) is 0.262. The first kappa shape index (κ1) is 12.7. The summed E-state index contributed by atoms with van der Waals surface area (Å²) in [5.74, 6) is 2.02. The molecule has 0 rings (SSSR count). The molecule has 0 aromatic rings. The number of hydrogen-bond acceptors (Lipinski definition) is 3. The minimum absolute atomic E-state index is 0. The third-order valence-corrected chi connectivity index (χ3v) is 2.30. The average Bonchev–Trinajstić information content (AvgIpc) is 1.66. The van der Waals surface area contributed by atoms with E-state index in [9.17, 15) is 8.76 Å². The molecule has 1 unspecified atom stereocenters.